The zero-order valence-electron chi connectivity index (χ0n) is 23.0. The quantitative estimate of drug-likeness (QED) is 0.269. The molecule has 0 saturated carbocycles. The van der Waals surface area contributed by atoms with Crippen molar-refractivity contribution < 1.29 is 31.4 Å². The van der Waals surface area contributed by atoms with E-state index >= 15 is 0 Å². The van der Waals surface area contributed by atoms with E-state index < -0.39 is 0 Å². The van der Waals surface area contributed by atoms with Crippen LogP contribution in [0, 0.1) is 142 Å². The second-order valence-electron chi connectivity index (χ2n) is 2.62. The van der Waals surface area contributed by atoms with Crippen LogP contribution in [0.3, 0.4) is 0 Å². The maximum absolute atomic E-state index is 7.00. The fourth-order valence-electron chi connectivity index (χ4n) is 0.144. The van der Waals surface area contributed by atoms with Crippen molar-refractivity contribution in [3.63, 3.8) is 0 Å². The number of hydrogen-bond acceptors (Lipinski definition) is 6. The van der Waals surface area contributed by atoms with Crippen LogP contribution in [0.2, 0.25) is 0 Å². The standard InChI is InChI=1S/2C5H4.2C4H6.2C3H4.2C2H2.2CH4.2H3N.2O2.2H2O.Pd/c2*1-3-5-4-2;2*1-3-4-2;2*1-3-2;2*1-2;;;;;2*1-2;;;/h2*1H,2H3;2*1-2H3;2*1H,2H3;2*1-2H;2*1H4;2*1H3;;;2*1H2;. The Balaban J connectivity index is -0.00000000918. The van der Waals surface area contributed by atoms with Crippen LogP contribution in [0.25, 0.3) is 0 Å². The third-order valence-electron chi connectivity index (χ3n) is 0.894. The molecule has 0 aliphatic rings. The largest absolute Gasteiger partial charge is 0.412 e. The zero-order valence-corrected chi connectivity index (χ0v) is 24.5. The summed E-state index contributed by atoms with van der Waals surface area (Å²) in [5, 5.41) is 0. The van der Waals surface area contributed by atoms with E-state index in [1.54, 1.807) is 27.7 Å². The van der Waals surface area contributed by atoms with Crippen molar-refractivity contribution in [1.29, 1.82) is 0 Å². The maximum atomic E-state index is 7.00. The maximum Gasteiger partial charge on any atom is 0 e. The Morgan fingerprint density at radius 2 is 0.513 bits per heavy atom. The average Bonchev–Trinajstić information content (AvgIpc) is 2.87. The molecule has 0 amide bonds. The van der Waals surface area contributed by atoms with Gasteiger partial charge in [-0.05, 0) is 79.1 Å². The summed E-state index contributed by atoms with van der Waals surface area (Å²) in [5.74, 6) is 29.4. The van der Waals surface area contributed by atoms with Crippen LogP contribution in [0.5, 0.6) is 0 Å². The van der Waals surface area contributed by atoms with Gasteiger partial charge in [0.15, 0.2) is 0 Å². The van der Waals surface area contributed by atoms with Crippen LogP contribution in [0.4, 0.5) is 0 Å². The van der Waals surface area contributed by atoms with Crippen molar-refractivity contribution in [2.75, 3.05) is 0 Å². The molecular weight excluding hydrogens is 591 g/mol. The van der Waals surface area contributed by atoms with E-state index in [2.05, 4.69) is 110 Å². The van der Waals surface area contributed by atoms with E-state index in [4.69, 9.17) is 32.7 Å². The van der Waals surface area contributed by atoms with Crippen LogP contribution in [0.1, 0.15) is 70.2 Å². The molecule has 0 aromatic rings. The van der Waals surface area contributed by atoms with E-state index in [9.17, 15) is 0 Å². The average molecular weight is 641 g/mol. The Labute approximate surface area is 255 Å². The summed E-state index contributed by atoms with van der Waals surface area (Å²) >= 11 is 0. The van der Waals surface area contributed by atoms with E-state index in [1.165, 1.54) is 0 Å². The van der Waals surface area contributed by atoms with Gasteiger partial charge in [-0.2, -0.15) is 0 Å². The molecule has 0 atom stereocenters. The molecule has 0 aliphatic carbocycles. The SMILES string of the molecule is C.C.C#C.C#C.C#CC.C#CC.C#CC#CC.C#CC#CC.CC#CC.CC#CC.N.N.O.O.O=O.O=O.[Pd]. The first kappa shape index (κ1) is 127. The summed E-state index contributed by atoms with van der Waals surface area (Å²) in [7, 11) is 0. The molecule has 8 nitrogen and oxygen atoms in total. The third kappa shape index (κ3) is 19200. The molecule has 0 aromatic carbocycles. The fourth-order valence-corrected chi connectivity index (χ4v) is 0.144. The molecule has 226 valence electrons. The van der Waals surface area contributed by atoms with Crippen LogP contribution in [0.15, 0.2) is 0 Å². The molecular formula is C30H50N2O6Pd. The zero-order chi connectivity index (χ0) is 28.5. The minimum absolute atomic E-state index is 0. The topological polar surface area (TPSA) is 201 Å². The number of rotatable bonds is 0. The van der Waals surface area contributed by atoms with Gasteiger partial charge in [-0.3, -0.25) is 0 Å². The summed E-state index contributed by atoms with van der Waals surface area (Å²) in [5.41, 5.74) is 0. The van der Waals surface area contributed by atoms with Gasteiger partial charge in [-0.1, -0.05) is 26.7 Å². The second-order valence-corrected chi connectivity index (χ2v) is 2.62. The number of hydrogen-bond donors (Lipinski definition) is 2. The Morgan fingerprint density at radius 3 is 0.513 bits per heavy atom. The Morgan fingerprint density at radius 1 is 0.410 bits per heavy atom. The predicted octanol–water partition coefficient (Wildman–Crippen LogP) is 5.20. The van der Waals surface area contributed by atoms with Crippen molar-refractivity contribution in [1.82, 2.24) is 12.3 Å². The molecule has 0 rings (SSSR count). The molecule has 0 bridgehead atoms. The molecule has 0 saturated heterocycles. The predicted molar refractivity (Wildman–Crippen MR) is 176 cm³/mol. The molecule has 0 heterocycles. The van der Waals surface area contributed by atoms with E-state index in [1.807, 2.05) is 27.7 Å². The summed E-state index contributed by atoms with van der Waals surface area (Å²) in [6.45, 7) is 14.0. The van der Waals surface area contributed by atoms with E-state index in [-0.39, 0.29) is 58.5 Å². The smallest absolute Gasteiger partial charge is 0 e. The molecule has 10 N–H and O–H groups in total. The van der Waals surface area contributed by atoms with Gasteiger partial charge in [0.05, 0.1) is 0 Å². The Bertz CT molecular complexity index is 685. The summed E-state index contributed by atoms with van der Waals surface area (Å²) in [6, 6.07) is 0. The second kappa shape index (κ2) is 652. The molecule has 39 heavy (non-hydrogen) atoms. The van der Waals surface area contributed by atoms with Crippen molar-refractivity contribution >= 4 is 0 Å². The molecule has 0 fully saturated rings. The molecule has 0 aromatic heterocycles. The van der Waals surface area contributed by atoms with Crippen molar-refractivity contribution in [3.05, 3.63) is 19.9 Å². The van der Waals surface area contributed by atoms with Gasteiger partial charge in [0.2, 0.25) is 0 Å². The summed E-state index contributed by atoms with van der Waals surface area (Å²) < 4.78 is 0. The first-order valence-corrected chi connectivity index (χ1v) is 7.65. The first-order valence-electron chi connectivity index (χ1n) is 7.65. The molecule has 9 heteroatoms. The third-order valence-corrected chi connectivity index (χ3v) is 0.894. The minimum Gasteiger partial charge on any atom is -0.412 e. The van der Waals surface area contributed by atoms with Crippen molar-refractivity contribution in [3.8, 4) is 122 Å². The summed E-state index contributed by atoms with van der Waals surface area (Å²) in [4.78, 5) is 28.0. The van der Waals surface area contributed by atoms with Crippen LogP contribution in [-0.4, -0.2) is 11.0 Å². The van der Waals surface area contributed by atoms with Gasteiger partial charge in [0, 0.05) is 40.3 Å². The molecule has 0 spiro atoms. The van der Waals surface area contributed by atoms with Gasteiger partial charge in [-0.25, -0.2) is 0 Å². The van der Waals surface area contributed by atoms with E-state index in [0.29, 0.717) is 0 Å². The monoisotopic (exact) mass is 640 g/mol. The van der Waals surface area contributed by atoms with Gasteiger partial charge in [0.25, 0.3) is 0 Å². The van der Waals surface area contributed by atoms with Crippen LogP contribution in [-0.2, 0) is 20.4 Å². The van der Waals surface area contributed by atoms with Crippen LogP contribution >= 0.6 is 0 Å². The minimum atomic E-state index is 0. The van der Waals surface area contributed by atoms with Gasteiger partial charge in [-0.15, -0.1) is 86.9 Å². The number of terminal acetylenes is 6. The normalized spacial score (nSPS) is 2.26. The summed E-state index contributed by atoms with van der Waals surface area (Å²) in [6.07, 6.45) is 34.6. The van der Waals surface area contributed by atoms with Crippen molar-refractivity contribution in [2.45, 2.75) is 70.2 Å². The molecule has 0 unspecified atom stereocenters. The van der Waals surface area contributed by atoms with Crippen LogP contribution < -0.4 is 12.3 Å². The molecule has 0 aliphatic heterocycles. The first-order chi connectivity index (χ1) is 15.5. The van der Waals surface area contributed by atoms with Gasteiger partial charge >= 0.3 is 0 Å². The Hall–Kier alpha value is -4.70. The van der Waals surface area contributed by atoms with Gasteiger partial charge < -0.3 is 23.3 Å². The van der Waals surface area contributed by atoms with Gasteiger partial charge in [0.1, 0.15) is 0 Å². The molecule has 0 radical (unpaired) electrons. The van der Waals surface area contributed by atoms with Crippen molar-refractivity contribution in [2.24, 2.45) is 0 Å². The fraction of sp³-hybridized carbons (Fsp3) is 0.333. The van der Waals surface area contributed by atoms with E-state index in [0.717, 1.165) is 0 Å². The Kier molecular flexibility index (Phi) is 2120.